The van der Waals surface area contributed by atoms with E-state index < -0.39 is 0 Å². The molecule has 0 unspecified atom stereocenters. The van der Waals surface area contributed by atoms with Crippen molar-refractivity contribution in [3.05, 3.63) is 66.7 Å². The number of benzene rings is 3. The monoisotopic (exact) mass is 300 g/mol. The Morgan fingerprint density at radius 3 is 2.43 bits per heavy atom. The van der Waals surface area contributed by atoms with Gasteiger partial charge in [-0.05, 0) is 36.4 Å². The zero-order valence-electron chi connectivity index (χ0n) is 12.9. The number of anilines is 3. The summed E-state index contributed by atoms with van der Waals surface area (Å²) in [6.07, 6.45) is 0. The van der Waals surface area contributed by atoms with Crippen molar-refractivity contribution in [1.82, 2.24) is 0 Å². The summed E-state index contributed by atoms with van der Waals surface area (Å²) < 4.78 is 5.93. The molecule has 0 atom stereocenters. The molecule has 0 saturated carbocycles. The van der Waals surface area contributed by atoms with Gasteiger partial charge < -0.3 is 14.2 Å². The number of hydrogen-bond acceptors (Lipinski definition) is 3. The summed E-state index contributed by atoms with van der Waals surface area (Å²) in [6, 6.07) is 23.2. The molecule has 0 N–H and O–H groups in total. The van der Waals surface area contributed by atoms with Crippen LogP contribution in [0.5, 0.6) is 0 Å². The quantitative estimate of drug-likeness (QED) is 0.486. The maximum atomic E-state index is 5.93. The number of furan rings is 1. The minimum Gasteiger partial charge on any atom is -0.456 e. The molecule has 0 amide bonds. The fraction of sp³-hybridized carbons (Fsp3) is 0.100. The lowest BCUT2D eigenvalue weighted by molar-refractivity contribution is 0.669. The third-order valence-corrected chi connectivity index (χ3v) is 4.61. The van der Waals surface area contributed by atoms with Crippen LogP contribution >= 0.6 is 0 Å². The maximum absolute atomic E-state index is 5.93. The summed E-state index contributed by atoms with van der Waals surface area (Å²) in [6.45, 7) is 0.862. The molecule has 1 aliphatic rings. The van der Waals surface area contributed by atoms with Gasteiger partial charge in [-0.2, -0.15) is 0 Å². The van der Waals surface area contributed by atoms with E-state index in [1.807, 2.05) is 12.1 Å². The number of rotatable bonds is 1. The minimum atomic E-state index is 0.862. The Morgan fingerprint density at radius 1 is 0.783 bits per heavy atom. The summed E-state index contributed by atoms with van der Waals surface area (Å²) in [5.41, 5.74) is 5.60. The minimum absolute atomic E-state index is 0.862. The first-order valence-electron chi connectivity index (χ1n) is 7.80. The molecule has 0 fully saturated rings. The lowest BCUT2D eigenvalue weighted by Gasteiger charge is -2.19. The van der Waals surface area contributed by atoms with Gasteiger partial charge in [-0.1, -0.05) is 30.3 Å². The van der Waals surface area contributed by atoms with Gasteiger partial charge in [0, 0.05) is 23.5 Å². The second kappa shape index (κ2) is 4.53. The highest BCUT2D eigenvalue weighted by Gasteiger charge is 2.24. The van der Waals surface area contributed by atoms with Crippen LogP contribution in [0.15, 0.2) is 71.1 Å². The lowest BCUT2D eigenvalue weighted by atomic mass is 10.1. The summed E-state index contributed by atoms with van der Waals surface area (Å²) in [7, 11) is 2.13. The molecule has 3 heteroatoms. The van der Waals surface area contributed by atoms with Gasteiger partial charge in [0.05, 0.1) is 18.0 Å². The largest absolute Gasteiger partial charge is 0.456 e. The first kappa shape index (κ1) is 12.6. The molecule has 0 bridgehead atoms. The van der Waals surface area contributed by atoms with Gasteiger partial charge in [-0.3, -0.25) is 0 Å². The van der Waals surface area contributed by atoms with E-state index in [-0.39, 0.29) is 0 Å². The van der Waals surface area contributed by atoms with Crippen LogP contribution in [0.4, 0.5) is 17.1 Å². The topological polar surface area (TPSA) is 19.6 Å². The highest BCUT2D eigenvalue weighted by molar-refractivity contribution is 6.06. The van der Waals surface area contributed by atoms with Crippen LogP contribution in [-0.2, 0) is 0 Å². The Bertz CT molecular complexity index is 1030. The average molecular weight is 300 g/mol. The van der Waals surface area contributed by atoms with E-state index in [0.29, 0.717) is 0 Å². The predicted molar refractivity (Wildman–Crippen MR) is 95.6 cm³/mol. The molecule has 112 valence electrons. The number of hydrogen-bond donors (Lipinski definition) is 0. The molecule has 1 aromatic heterocycles. The van der Waals surface area contributed by atoms with E-state index in [1.54, 1.807) is 0 Å². The predicted octanol–water partition coefficient (Wildman–Crippen LogP) is 5.13. The molecule has 1 aliphatic heterocycles. The molecular formula is C20H16N2O. The van der Waals surface area contributed by atoms with E-state index in [2.05, 4.69) is 71.4 Å². The van der Waals surface area contributed by atoms with Gasteiger partial charge in [0.1, 0.15) is 11.2 Å². The summed E-state index contributed by atoms with van der Waals surface area (Å²) in [5.74, 6) is 0. The van der Waals surface area contributed by atoms with Crippen LogP contribution < -0.4 is 9.80 Å². The molecular weight excluding hydrogens is 284 g/mol. The Labute approximate surface area is 134 Å². The average Bonchev–Trinajstić information content (AvgIpc) is 3.13. The van der Waals surface area contributed by atoms with E-state index >= 15 is 0 Å². The number of para-hydroxylation sites is 3. The van der Waals surface area contributed by atoms with Crippen molar-refractivity contribution < 1.29 is 4.42 Å². The third kappa shape index (κ3) is 1.77. The van der Waals surface area contributed by atoms with Crippen molar-refractivity contribution in [1.29, 1.82) is 0 Å². The highest BCUT2D eigenvalue weighted by atomic mass is 16.3. The molecule has 4 aromatic rings. The second-order valence-electron chi connectivity index (χ2n) is 6.03. The van der Waals surface area contributed by atoms with Gasteiger partial charge in [-0.25, -0.2) is 0 Å². The standard InChI is InChI=1S/C20H16N2O/c1-21-13-22(18-8-4-3-7-17(18)21)14-10-11-20-16(12-14)15-6-2-5-9-19(15)23-20/h2-12H,13H2,1H3. The first-order valence-corrected chi connectivity index (χ1v) is 7.80. The van der Waals surface area contributed by atoms with Crippen LogP contribution in [0.2, 0.25) is 0 Å². The van der Waals surface area contributed by atoms with Gasteiger partial charge >= 0.3 is 0 Å². The Balaban J connectivity index is 1.71. The zero-order valence-corrected chi connectivity index (χ0v) is 12.9. The molecule has 3 aromatic carbocycles. The normalized spacial score (nSPS) is 14.0. The second-order valence-corrected chi connectivity index (χ2v) is 6.03. The van der Waals surface area contributed by atoms with Crippen LogP contribution in [-0.4, -0.2) is 13.7 Å². The summed E-state index contributed by atoms with van der Waals surface area (Å²) in [5, 5.41) is 2.34. The van der Waals surface area contributed by atoms with Crippen LogP contribution in [0.3, 0.4) is 0 Å². The number of fused-ring (bicyclic) bond motifs is 4. The first-order chi connectivity index (χ1) is 11.3. The van der Waals surface area contributed by atoms with E-state index in [9.17, 15) is 0 Å². The van der Waals surface area contributed by atoms with Crippen molar-refractivity contribution in [2.24, 2.45) is 0 Å². The zero-order chi connectivity index (χ0) is 15.4. The van der Waals surface area contributed by atoms with Crippen LogP contribution in [0, 0.1) is 0 Å². The fourth-order valence-electron chi connectivity index (χ4n) is 3.48. The van der Waals surface area contributed by atoms with Crippen LogP contribution in [0.1, 0.15) is 0 Å². The molecule has 5 rings (SSSR count). The fourth-order valence-corrected chi connectivity index (χ4v) is 3.48. The summed E-state index contributed by atoms with van der Waals surface area (Å²) in [4.78, 5) is 4.61. The van der Waals surface area contributed by atoms with Crippen molar-refractivity contribution in [2.45, 2.75) is 0 Å². The highest BCUT2D eigenvalue weighted by Crippen LogP contribution is 2.41. The van der Waals surface area contributed by atoms with Gasteiger partial charge in [0.2, 0.25) is 0 Å². The molecule has 3 nitrogen and oxygen atoms in total. The van der Waals surface area contributed by atoms with Crippen molar-refractivity contribution in [3.63, 3.8) is 0 Å². The number of nitrogens with zero attached hydrogens (tertiary/aromatic N) is 2. The van der Waals surface area contributed by atoms with Gasteiger partial charge in [0.25, 0.3) is 0 Å². The molecule has 23 heavy (non-hydrogen) atoms. The Kier molecular flexibility index (Phi) is 2.48. The SMILES string of the molecule is CN1CN(c2ccc3oc4ccccc4c3c2)c2ccccc21. The van der Waals surface area contributed by atoms with E-state index in [1.165, 1.54) is 27.8 Å². The molecule has 2 heterocycles. The van der Waals surface area contributed by atoms with Gasteiger partial charge in [0.15, 0.2) is 0 Å². The maximum Gasteiger partial charge on any atom is 0.135 e. The van der Waals surface area contributed by atoms with Gasteiger partial charge in [-0.15, -0.1) is 0 Å². The van der Waals surface area contributed by atoms with Crippen molar-refractivity contribution >= 4 is 39.0 Å². The van der Waals surface area contributed by atoms with E-state index in [4.69, 9.17) is 4.42 Å². The molecule has 0 spiro atoms. The molecule has 0 radical (unpaired) electrons. The molecule has 0 aliphatic carbocycles. The smallest absolute Gasteiger partial charge is 0.135 e. The van der Waals surface area contributed by atoms with Crippen molar-refractivity contribution in [3.8, 4) is 0 Å². The lowest BCUT2D eigenvalue weighted by Crippen LogP contribution is -2.23. The molecule has 0 saturated heterocycles. The Hall–Kier alpha value is -2.94. The van der Waals surface area contributed by atoms with Crippen molar-refractivity contribution in [2.75, 3.05) is 23.5 Å². The van der Waals surface area contributed by atoms with Crippen LogP contribution in [0.25, 0.3) is 21.9 Å². The van der Waals surface area contributed by atoms with E-state index in [0.717, 1.165) is 17.8 Å². The Morgan fingerprint density at radius 2 is 1.52 bits per heavy atom. The third-order valence-electron chi connectivity index (χ3n) is 4.61. The summed E-state index contributed by atoms with van der Waals surface area (Å²) >= 11 is 0.